The van der Waals surface area contributed by atoms with E-state index in [0.717, 1.165) is 12.8 Å². The van der Waals surface area contributed by atoms with Gasteiger partial charge in [0.05, 0.1) is 18.8 Å². The number of allylic oxidation sites excluding steroid dienone is 1. The van der Waals surface area contributed by atoms with E-state index in [0.29, 0.717) is 6.61 Å². The molecule has 0 N–H and O–H groups in total. The molecule has 0 saturated carbocycles. The van der Waals surface area contributed by atoms with E-state index >= 15 is 0 Å². The fraction of sp³-hybridized carbons (Fsp3) is 0.857. The number of amides is 1. The standard InChI is InChI=1S/C21H41NO4Si/c1-12-13-14-17(26-27(10,11)20(5,6)7)16-15-24-21(8,9)22(16)18(23)25-19(2,3)4/h12,16-17H,1,13-15H2,2-11H3/t16-,17+/m0/s1. The van der Waals surface area contributed by atoms with Crippen molar-refractivity contribution in [3.05, 3.63) is 12.7 Å². The quantitative estimate of drug-likeness (QED) is 0.424. The van der Waals surface area contributed by atoms with Gasteiger partial charge in [-0.15, -0.1) is 6.58 Å². The van der Waals surface area contributed by atoms with Crippen LogP contribution in [-0.2, 0) is 13.9 Å². The Kier molecular flexibility index (Phi) is 7.39. The average molecular weight is 400 g/mol. The lowest BCUT2D eigenvalue weighted by molar-refractivity contribution is -0.0674. The summed E-state index contributed by atoms with van der Waals surface area (Å²) in [6, 6.07) is -0.177. The van der Waals surface area contributed by atoms with Crippen LogP contribution in [0.2, 0.25) is 18.1 Å². The first-order valence-corrected chi connectivity index (χ1v) is 12.9. The third kappa shape index (κ3) is 6.33. The third-order valence-corrected chi connectivity index (χ3v) is 9.95. The molecule has 1 rings (SSSR count). The molecule has 1 saturated heterocycles. The summed E-state index contributed by atoms with van der Waals surface area (Å²) in [5.74, 6) is 0. The van der Waals surface area contributed by atoms with Gasteiger partial charge in [0.15, 0.2) is 8.32 Å². The number of ether oxygens (including phenoxy) is 2. The molecule has 1 aliphatic rings. The fourth-order valence-electron chi connectivity index (χ4n) is 2.94. The average Bonchev–Trinajstić information content (AvgIpc) is 2.75. The van der Waals surface area contributed by atoms with Gasteiger partial charge in [-0.1, -0.05) is 26.8 Å². The maximum absolute atomic E-state index is 13.0. The van der Waals surface area contributed by atoms with Crippen molar-refractivity contribution < 1.29 is 18.7 Å². The summed E-state index contributed by atoms with van der Waals surface area (Å²) in [5, 5.41) is 0.0884. The van der Waals surface area contributed by atoms with E-state index in [4.69, 9.17) is 13.9 Å². The molecule has 27 heavy (non-hydrogen) atoms. The summed E-state index contributed by atoms with van der Waals surface area (Å²) in [7, 11) is -2.01. The van der Waals surface area contributed by atoms with E-state index in [9.17, 15) is 4.79 Å². The zero-order chi connectivity index (χ0) is 21.3. The second kappa shape index (κ2) is 8.25. The predicted molar refractivity (Wildman–Crippen MR) is 113 cm³/mol. The molecular weight excluding hydrogens is 358 g/mol. The monoisotopic (exact) mass is 399 g/mol. The zero-order valence-electron chi connectivity index (χ0n) is 19.1. The molecule has 0 aliphatic carbocycles. The Hall–Kier alpha value is -0.853. The number of carbonyl (C=O) groups excluding carboxylic acids is 1. The highest BCUT2D eigenvalue weighted by Gasteiger charge is 2.50. The Morgan fingerprint density at radius 1 is 1.30 bits per heavy atom. The van der Waals surface area contributed by atoms with Gasteiger partial charge in [0.25, 0.3) is 0 Å². The maximum Gasteiger partial charge on any atom is 0.412 e. The van der Waals surface area contributed by atoms with Crippen LogP contribution in [-0.4, -0.2) is 49.4 Å². The summed E-state index contributed by atoms with van der Waals surface area (Å²) >= 11 is 0. The maximum atomic E-state index is 13.0. The molecule has 1 fully saturated rings. The largest absolute Gasteiger partial charge is 0.444 e. The molecule has 158 valence electrons. The van der Waals surface area contributed by atoms with Gasteiger partial charge in [0.1, 0.15) is 11.3 Å². The summed E-state index contributed by atoms with van der Waals surface area (Å²) in [6.45, 7) is 24.9. The van der Waals surface area contributed by atoms with Crippen LogP contribution < -0.4 is 0 Å². The number of rotatable bonds is 6. The Morgan fingerprint density at radius 3 is 2.30 bits per heavy atom. The molecule has 0 radical (unpaired) electrons. The molecule has 0 bridgehead atoms. The van der Waals surface area contributed by atoms with Gasteiger partial charge in [-0.2, -0.15) is 0 Å². The van der Waals surface area contributed by atoms with Crippen LogP contribution in [0.25, 0.3) is 0 Å². The summed E-state index contributed by atoms with van der Waals surface area (Å²) in [4.78, 5) is 14.7. The molecule has 6 heteroatoms. The van der Waals surface area contributed by atoms with Crippen molar-refractivity contribution in [1.82, 2.24) is 4.90 Å². The molecule has 0 aromatic heterocycles. The summed E-state index contributed by atoms with van der Waals surface area (Å²) in [5.41, 5.74) is -1.28. The minimum atomic E-state index is -2.01. The van der Waals surface area contributed by atoms with E-state index < -0.39 is 19.6 Å². The third-order valence-electron chi connectivity index (χ3n) is 5.45. The Bertz CT molecular complexity index is 531. The van der Waals surface area contributed by atoms with E-state index in [1.807, 2.05) is 40.7 Å². The van der Waals surface area contributed by atoms with Gasteiger partial charge in [-0.05, 0) is 65.6 Å². The number of hydrogen-bond acceptors (Lipinski definition) is 4. The lowest BCUT2D eigenvalue weighted by Gasteiger charge is -2.43. The van der Waals surface area contributed by atoms with Gasteiger partial charge in [-0.3, -0.25) is 4.90 Å². The molecule has 0 spiro atoms. The first-order chi connectivity index (χ1) is 12.0. The molecule has 1 aliphatic heterocycles. The Morgan fingerprint density at radius 2 is 1.85 bits per heavy atom. The smallest absolute Gasteiger partial charge is 0.412 e. The highest BCUT2D eigenvalue weighted by molar-refractivity contribution is 6.74. The van der Waals surface area contributed by atoms with Crippen molar-refractivity contribution in [2.75, 3.05) is 6.61 Å². The van der Waals surface area contributed by atoms with E-state index in [-0.39, 0.29) is 23.3 Å². The second-order valence-corrected chi connectivity index (χ2v) is 15.2. The van der Waals surface area contributed by atoms with Gasteiger partial charge in [-0.25, -0.2) is 4.79 Å². The normalized spacial score (nSPS) is 21.9. The zero-order valence-corrected chi connectivity index (χ0v) is 20.1. The minimum Gasteiger partial charge on any atom is -0.444 e. The lowest BCUT2D eigenvalue weighted by Crippen LogP contribution is -2.56. The van der Waals surface area contributed by atoms with Crippen molar-refractivity contribution in [3.63, 3.8) is 0 Å². The van der Waals surface area contributed by atoms with Crippen molar-refractivity contribution in [3.8, 4) is 0 Å². The van der Waals surface area contributed by atoms with Gasteiger partial charge >= 0.3 is 6.09 Å². The lowest BCUT2D eigenvalue weighted by atomic mass is 10.0. The van der Waals surface area contributed by atoms with E-state index in [1.54, 1.807) is 4.90 Å². The Labute approximate surface area is 167 Å². The van der Waals surface area contributed by atoms with Crippen LogP contribution >= 0.6 is 0 Å². The van der Waals surface area contributed by atoms with E-state index in [2.05, 4.69) is 40.4 Å². The number of hydrogen-bond donors (Lipinski definition) is 0. The van der Waals surface area contributed by atoms with Gasteiger partial charge in [0.2, 0.25) is 0 Å². The molecule has 0 aromatic carbocycles. The highest BCUT2D eigenvalue weighted by atomic mass is 28.4. The SMILES string of the molecule is C=CCC[C@@H](O[Si](C)(C)C(C)(C)C)[C@@H]1COC(C)(C)N1C(=O)OC(C)(C)C. The van der Waals surface area contributed by atoms with Crippen LogP contribution in [0.15, 0.2) is 12.7 Å². The molecule has 5 nitrogen and oxygen atoms in total. The fourth-order valence-corrected chi connectivity index (χ4v) is 4.33. The van der Waals surface area contributed by atoms with Crippen molar-refractivity contribution in [2.24, 2.45) is 0 Å². The van der Waals surface area contributed by atoms with Crippen LogP contribution in [0.1, 0.15) is 68.2 Å². The highest BCUT2D eigenvalue weighted by Crippen LogP contribution is 2.40. The van der Waals surface area contributed by atoms with E-state index in [1.165, 1.54) is 0 Å². The number of nitrogens with zero attached hydrogens (tertiary/aromatic N) is 1. The van der Waals surface area contributed by atoms with Crippen LogP contribution in [0.3, 0.4) is 0 Å². The molecule has 1 amide bonds. The molecule has 0 unspecified atom stereocenters. The summed E-state index contributed by atoms with van der Waals surface area (Å²) < 4.78 is 18.4. The molecule has 0 aromatic rings. The molecule has 1 heterocycles. The van der Waals surface area contributed by atoms with Crippen LogP contribution in [0, 0.1) is 0 Å². The van der Waals surface area contributed by atoms with Crippen LogP contribution in [0.4, 0.5) is 4.79 Å². The Balaban J connectivity index is 3.18. The first-order valence-electron chi connectivity index (χ1n) is 9.97. The minimum absolute atomic E-state index is 0.0884. The predicted octanol–water partition coefficient (Wildman–Crippen LogP) is 5.72. The second-order valence-electron chi connectivity index (χ2n) is 10.5. The topological polar surface area (TPSA) is 48.0 Å². The van der Waals surface area contributed by atoms with Gasteiger partial charge < -0.3 is 13.9 Å². The van der Waals surface area contributed by atoms with Crippen molar-refractivity contribution in [2.45, 2.75) is 110 Å². The number of carbonyl (C=O) groups is 1. The first kappa shape index (κ1) is 24.2. The van der Waals surface area contributed by atoms with Crippen molar-refractivity contribution in [1.29, 1.82) is 0 Å². The van der Waals surface area contributed by atoms with Crippen LogP contribution in [0.5, 0.6) is 0 Å². The summed E-state index contributed by atoms with van der Waals surface area (Å²) in [6.07, 6.45) is 3.08. The molecule has 2 atom stereocenters. The van der Waals surface area contributed by atoms with Crippen molar-refractivity contribution >= 4 is 14.4 Å². The molecular formula is C21H41NO4Si. The van der Waals surface area contributed by atoms with Gasteiger partial charge in [0, 0.05) is 0 Å².